The van der Waals surface area contributed by atoms with E-state index in [-0.39, 0.29) is 5.91 Å². The molecular weight excluding hydrogens is 364 g/mol. The molecule has 3 aromatic rings. The van der Waals surface area contributed by atoms with Crippen LogP contribution < -0.4 is 0 Å². The molecule has 0 spiro atoms. The van der Waals surface area contributed by atoms with Gasteiger partial charge in [0.05, 0.1) is 5.69 Å². The minimum Gasteiger partial charge on any atom is -0.336 e. The lowest BCUT2D eigenvalue weighted by molar-refractivity contribution is 0.0650. The molecule has 1 amide bonds. The van der Waals surface area contributed by atoms with Crippen LogP contribution in [0.1, 0.15) is 21.7 Å². The predicted octanol–water partition coefficient (Wildman–Crippen LogP) is 2.44. The third kappa shape index (κ3) is 4.57. The Hall–Kier alpha value is -3.32. The van der Waals surface area contributed by atoms with Gasteiger partial charge in [-0.25, -0.2) is 0 Å². The smallest absolute Gasteiger partial charge is 0.254 e. The van der Waals surface area contributed by atoms with E-state index in [4.69, 9.17) is 0 Å². The van der Waals surface area contributed by atoms with Gasteiger partial charge in [0.25, 0.3) is 5.91 Å². The summed E-state index contributed by atoms with van der Waals surface area (Å²) in [6.07, 6.45) is 4.33. The van der Waals surface area contributed by atoms with Gasteiger partial charge in [-0.2, -0.15) is 4.68 Å². The van der Waals surface area contributed by atoms with E-state index in [1.165, 1.54) is 5.56 Å². The van der Waals surface area contributed by atoms with Crippen LogP contribution in [0, 0.1) is 6.92 Å². The molecule has 1 saturated heterocycles. The fourth-order valence-electron chi connectivity index (χ4n) is 3.46. The Kier molecular flexibility index (Phi) is 5.76. The SMILES string of the molecule is Cc1nnnn1-c1cccc(C(=O)N2CCN(C/C=C/c3ccccc3)CC2)c1. The van der Waals surface area contributed by atoms with Crippen molar-refractivity contribution in [2.45, 2.75) is 6.92 Å². The maximum Gasteiger partial charge on any atom is 0.254 e. The Morgan fingerprint density at radius 2 is 1.83 bits per heavy atom. The third-order valence-electron chi connectivity index (χ3n) is 5.10. The number of amides is 1. The highest BCUT2D eigenvalue weighted by Crippen LogP contribution is 2.14. The molecule has 0 saturated carbocycles. The van der Waals surface area contributed by atoms with Crippen molar-refractivity contribution in [2.75, 3.05) is 32.7 Å². The van der Waals surface area contributed by atoms with Gasteiger partial charge < -0.3 is 4.90 Å². The second-order valence-electron chi connectivity index (χ2n) is 7.09. The van der Waals surface area contributed by atoms with E-state index < -0.39 is 0 Å². The first kappa shape index (κ1) is 19.0. The number of hydrogen-bond donors (Lipinski definition) is 0. The minimum atomic E-state index is 0.0528. The molecule has 0 N–H and O–H groups in total. The van der Waals surface area contributed by atoms with Crippen molar-refractivity contribution in [3.05, 3.63) is 77.6 Å². The van der Waals surface area contributed by atoms with E-state index in [2.05, 4.69) is 44.7 Å². The highest BCUT2D eigenvalue weighted by molar-refractivity contribution is 5.94. The highest BCUT2D eigenvalue weighted by Gasteiger charge is 2.22. The Balaban J connectivity index is 1.33. The van der Waals surface area contributed by atoms with Crippen molar-refractivity contribution in [3.8, 4) is 5.69 Å². The van der Waals surface area contributed by atoms with Crippen LogP contribution in [-0.4, -0.2) is 68.6 Å². The van der Waals surface area contributed by atoms with Gasteiger partial charge in [0.15, 0.2) is 5.82 Å². The van der Waals surface area contributed by atoms with E-state index in [0.29, 0.717) is 11.4 Å². The normalized spacial score (nSPS) is 15.1. The lowest BCUT2D eigenvalue weighted by Crippen LogP contribution is -2.48. The minimum absolute atomic E-state index is 0.0528. The zero-order valence-electron chi connectivity index (χ0n) is 16.5. The molecule has 0 unspecified atom stereocenters. The summed E-state index contributed by atoms with van der Waals surface area (Å²) in [4.78, 5) is 17.2. The summed E-state index contributed by atoms with van der Waals surface area (Å²) in [7, 11) is 0. The Morgan fingerprint density at radius 3 is 2.55 bits per heavy atom. The van der Waals surface area contributed by atoms with Crippen molar-refractivity contribution >= 4 is 12.0 Å². The number of carbonyl (C=O) groups excluding carboxylic acids is 1. The summed E-state index contributed by atoms with van der Waals surface area (Å²) in [6.45, 7) is 5.93. The number of tetrazole rings is 1. The summed E-state index contributed by atoms with van der Waals surface area (Å²) in [5.74, 6) is 0.740. The summed E-state index contributed by atoms with van der Waals surface area (Å²) in [6, 6.07) is 17.8. The zero-order valence-corrected chi connectivity index (χ0v) is 16.5. The van der Waals surface area contributed by atoms with Crippen LogP contribution in [-0.2, 0) is 0 Å². The third-order valence-corrected chi connectivity index (χ3v) is 5.10. The maximum absolute atomic E-state index is 12.9. The molecule has 1 fully saturated rings. The fraction of sp³-hybridized carbons (Fsp3) is 0.273. The average molecular weight is 388 g/mol. The van der Waals surface area contributed by atoms with Gasteiger partial charge in [-0.15, -0.1) is 5.10 Å². The number of aromatic nitrogens is 4. The van der Waals surface area contributed by atoms with Crippen LogP contribution in [0.25, 0.3) is 11.8 Å². The second kappa shape index (κ2) is 8.79. The van der Waals surface area contributed by atoms with Gasteiger partial charge in [-0.3, -0.25) is 9.69 Å². The molecule has 0 atom stereocenters. The molecule has 2 aromatic carbocycles. The van der Waals surface area contributed by atoms with Crippen molar-refractivity contribution in [2.24, 2.45) is 0 Å². The summed E-state index contributed by atoms with van der Waals surface area (Å²) in [5, 5.41) is 11.6. The van der Waals surface area contributed by atoms with E-state index >= 15 is 0 Å². The van der Waals surface area contributed by atoms with Gasteiger partial charge in [0, 0.05) is 38.3 Å². The van der Waals surface area contributed by atoms with E-state index in [9.17, 15) is 4.79 Å². The first-order valence-electron chi connectivity index (χ1n) is 9.79. The topological polar surface area (TPSA) is 67.2 Å². The molecule has 1 aromatic heterocycles. The molecule has 4 rings (SSSR count). The fourth-order valence-corrected chi connectivity index (χ4v) is 3.46. The Morgan fingerprint density at radius 1 is 1.03 bits per heavy atom. The van der Waals surface area contributed by atoms with Crippen LogP contribution in [0.15, 0.2) is 60.7 Å². The largest absolute Gasteiger partial charge is 0.336 e. The van der Waals surface area contributed by atoms with Crippen molar-refractivity contribution in [1.82, 2.24) is 30.0 Å². The number of benzene rings is 2. The lowest BCUT2D eigenvalue weighted by Gasteiger charge is -2.34. The molecule has 0 bridgehead atoms. The first-order chi connectivity index (χ1) is 14.2. The van der Waals surface area contributed by atoms with Crippen molar-refractivity contribution in [1.29, 1.82) is 0 Å². The number of aryl methyl sites for hydroxylation is 1. The number of nitrogens with zero attached hydrogens (tertiary/aromatic N) is 6. The number of piperazine rings is 1. The van der Waals surface area contributed by atoms with Crippen molar-refractivity contribution in [3.63, 3.8) is 0 Å². The summed E-state index contributed by atoms with van der Waals surface area (Å²) < 4.78 is 1.63. The maximum atomic E-state index is 12.9. The van der Waals surface area contributed by atoms with Crippen LogP contribution in [0.4, 0.5) is 0 Å². The lowest BCUT2D eigenvalue weighted by atomic mass is 10.1. The van der Waals surface area contributed by atoms with Gasteiger partial charge in [0.1, 0.15) is 0 Å². The van der Waals surface area contributed by atoms with E-state index in [1.54, 1.807) is 4.68 Å². The predicted molar refractivity (Wildman–Crippen MR) is 112 cm³/mol. The molecule has 148 valence electrons. The Labute approximate surface area is 170 Å². The average Bonchev–Trinajstić information content (AvgIpc) is 3.20. The number of carbonyl (C=O) groups is 1. The molecule has 7 nitrogen and oxygen atoms in total. The summed E-state index contributed by atoms with van der Waals surface area (Å²) in [5.41, 5.74) is 2.66. The number of rotatable bonds is 5. The molecule has 7 heteroatoms. The second-order valence-corrected chi connectivity index (χ2v) is 7.09. The van der Waals surface area contributed by atoms with Gasteiger partial charge in [-0.1, -0.05) is 48.6 Å². The molecule has 29 heavy (non-hydrogen) atoms. The van der Waals surface area contributed by atoms with Crippen LogP contribution in [0.3, 0.4) is 0 Å². The van der Waals surface area contributed by atoms with E-state index in [1.807, 2.05) is 54.3 Å². The zero-order chi connectivity index (χ0) is 20.1. The van der Waals surface area contributed by atoms with Gasteiger partial charge >= 0.3 is 0 Å². The standard InChI is InChI=1S/C22H24N6O/c1-18-23-24-25-28(18)21-11-5-10-20(17-21)22(29)27-15-13-26(14-16-27)12-6-9-19-7-3-2-4-8-19/h2-11,17H,12-16H2,1H3/b9-6+. The van der Waals surface area contributed by atoms with E-state index in [0.717, 1.165) is 38.4 Å². The molecule has 1 aliphatic rings. The molecule has 1 aliphatic heterocycles. The number of hydrogen-bond acceptors (Lipinski definition) is 5. The molecule has 0 aliphatic carbocycles. The van der Waals surface area contributed by atoms with Crippen LogP contribution in [0.2, 0.25) is 0 Å². The molecule has 0 radical (unpaired) electrons. The molecule has 2 heterocycles. The van der Waals surface area contributed by atoms with Crippen LogP contribution >= 0.6 is 0 Å². The monoisotopic (exact) mass is 388 g/mol. The first-order valence-corrected chi connectivity index (χ1v) is 9.79. The van der Waals surface area contributed by atoms with Gasteiger partial charge in [-0.05, 0) is 41.1 Å². The van der Waals surface area contributed by atoms with Crippen LogP contribution in [0.5, 0.6) is 0 Å². The summed E-state index contributed by atoms with van der Waals surface area (Å²) >= 11 is 0. The quantitative estimate of drug-likeness (QED) is 0.672. The Bertz CT molecular complexity index is 989. The van der Waals surface area contributed by atoms with Gasteiger partial charge in [0.2, 0.25) is 0 Å². The molecular formula is C22H24N6O. The highest BCUT2D eigenvalue weighted by atomic mass is 16.2. The van der Waals surface area contributed by atoms with Crippen molar-refractivity contribution < 1.29 is 4.79 Å².